The summed E-state index contributed by atoms with van der Waals surface area (Å²) in [5.41, 5.74) is 3.02. The molecule has 0 aliphatic carbocycles. The molecule has 2 aromatic heterocycles. The highest BCUT2D eigenvalue weighted by atomic mass is 19.3. The minimum atomic E-state index is -3.11. The van der Waals surface area contributed by atoms with Gasteiger partial charge in [-0.25, -0.2) is 8.78 Å². The van der Waals surface area contributed by atoms with E-state index in [9.17, 15) is 18.4 Å². The van der Waals surface area contributed by atoms with Crippen molar-refractivity contribution in [3.05, 3.63) is 46.6 Å². The van der Waals surface area contributed by atoms with Crippen LogP contribution in [0.1, 0.15) is 46.3 Å². The van der Waals surface area contributed by atoms with E-state index in [0.29, 0.717) is 17.0 Å². The number of likely N-dealkylation sites (tertiary alicyclic amines) is 1. The van der Waals surface area contributed by atoms with Gasteiger partial charge < -0.3 is 14.7 Å². The van der Waals surface area contributed by atoms with Gasteiger partial charge in [-0.05, 0) is 38.5 Å². The van der Waals surface area contributed by atoms with Gasteiger partial charge in [0.15, 0.2) is 0 Å². The van der Waals surface area contributed by atoms with E-state index < -0.39 is 43.3 Å². The van der Waals surface area contributed by atoms with E-state index in [1.54, 1.807) is 26.8 Å². The van der Waals surface area contributed by atoms with E-state index in [1.807, 2.05) is 6.08 Å². The molecule has 1 saturated heterocycles. The number of amides is 2. The molecule has 1 atom stereocenters. The smallest absolute Gasteiger partial charge is 0.268 e. The van der Waals surface area contributed by atoms with E-state index >= 15 is 0 Å². The minimum absolute atomic E-state index is 0.270. The third-order valence-electron chi connectivity index (χ3n) is 5.08. The van der Waals surface area contributed by atoms with Crippen LogP contribution in [0.25, 0.3) is 11.6 Å². The van der Waals surface area contributed by atoms with Gasteiger partial charge in [0.25, 0.3) is 11.8 Å². The van der Waals surface area contributed by atoms with Gasteiger partial charge in [-0.1, -0.05) is 5.16 Å². The van der Waals surface area contributed by atoms with Crippen LogP contribution >= 0.6 is 0 Å². The number of allylic oxidation sites excluding steroid dienone is 1. The van der Waals surface area contributed by atoms with Crippen molar-refractivity contribution in [2.45, 2.75) is 39.2 Å². The van der Waals surface area contributed by atoms with E-state index in [4.69, 9.17) is 9.78 Å². The fourth-order valence-corrected chi connectivity index (χ4v) is 3.44. The van der Waals surface area contributed by atoms with Gasteiger partial charge in [0, 0.05) is 35.5 Å². The normalized spacial score (nSPS) is 18.0. The third kappa shape index (κ3) is 4.77. The molecule has 1 N–H and O–H groups in total. The third-order valence-corrected chi connectivity index (χ3v) is 5.08. The van der Waals surface area contributed by atoms with Crippen molar-refractivity contribution in [2.24, 2.45) is 0 Å². The van der Waals surface area contributed by atoms with Crippen molar-refractivity contribution in [3.8, 4) is 6.07 Å². The number of carbonyl (C=O) groups excluding carboxylic acids is 2. The second-order valence-corrected chi connectivity index (χ2v) is 7.40. The van der Waals surface area contributed by atoms with Crippen molar-refractivity contribution in [1.82, 2.24) is 20.4 Å². The second kappa shape index (κ2) is 8.63. The molecule has 1 aliphatic heterocycles. The average Bonchev–Trinajstić information content (AvgIpc) is 3.24. The zero-order chi connectivity index (χ0) is 22.8. The van der Waals surface area contributed by atoms with Crippen LogP contribution in [-0.4, -0.2) is 51.9 Å². The lowest BCUT2D eigenvalue weighted by Crippen LogP contribution is -2.43. The van der Waals surface area contributed by atoms with Crippen LogP contribution in [0.3, 0.4) is 0 Å². The topological polar surface area (TPSA) is 112 Å². The molecule has 0 bridgehead atoms. The van der Waals surface area contributed by atoms with Gasteiger partial charge in [0.05, 0.1) is 24.9 Å². The molecule has 1 aliphatic rings. The van der Waals surface area contributed by atoms with Crippen LogP contribution in [0, 0.1) is 25.2 Å². The summed E-state index contributed by atoms with van der Waals surface area (Å²) in [6, 6.07) is 2.00. The molecular formula is C21H21F2N5O3. The molecule has 3 heterocycles. The minimum Gasteiger partial charge on any atom is -0.361 e. The first kappa shape index (κ1) is 22.1. The number of nitriles is 1. The molecule has 2 aromatic rings. The van der Waals surface area contributed by atoms with Crippen molar-refractivity contribution in [2.75, 3.05) is 13.1 Å². The highest BCUT2D eigenvalue weighted by Crippen LogP contribution is 2.31. The Bertz CT molecular complexity index is 1070. The Hall–Kier alpha value is -3.61. The molecule has 0 spiro atoms. The van der Waals surface area contributed by atoms with Crippen LogP contribution in [-0.2, 0) is 4.79 Å². The Kier molecular flexibility index (Phi) is 6.15. The molecule has 31 heavy (non-hydrogen) atoms. The summed E-state index contributed by atoms with van der Waals surface area (Å²) in [4.78, 5) is 29.9. The summed E-state index contributed by atoms with van der Waals surface area (Å²) in [6.07, 6.45) is 4.08. The van der Waals surface area contributed by atoms with E-state index in [0.717, 1.165) is 16.0 Å². The van der Waals surface area contributed by atoms with Gasteiger partial charge >= 0.3 is 0 Å². The molecule has 2 amide bonds. The number of rotatable bonds is 5. The second-order valence-electron chi connectivity index (χ2n) is 7.40. The lowest BCUT2D eigenvalue weighted by Gasteiger charge is -2.19. The lowest BCUT2D eigenvalue weighted by molar-refractivity contribution is -0.131. The Labute approximate surface area is 177 Å². The Morgan fingerprint density at radius 3 is 2.81 bits per heavy atom. The van der Waals surface area contributed by atoms with Crippen LogP contribution in [0.2, 0.25) is 0 Å². The maximum Gasteiger partial charge on any atom is 0.268 e. The average molecular weight is 429 g/mol. The number of carbonyl (C=O) groups is 2. The number of hydrogen-bond acceptors (Lipinski definition) is 6. The SMILES string of the molecule is C/C(=C\c1c(C)noc1C)c1cnccc1C(=O)NCC(=O)N1CC(F)(F)CC1C#N. The van der Waals surface area contributed by atoms with Crippen LogP contribution in [0.15, 0.2) is 23.0 Å². The van der Waals surface area contributed by atoms with Crippen LogP contribution < -0.4 is 5.32 Å². The number of aromatic nitrogens is 2. The quantitative estimate of drug-likeness (QED) is 0.782. The first-order valence-corrected chi connectivity index (χ1v) is 9.53. The summed E-state index contributed by atoms with van der Waals surface area (Å²) in [7, 11) is 0. The van der Waals surface area contributed by atoms with Gasteiger partial charge in [0.2, 0.25) is 5.91 Å². The van der Waals surface area contributed by atoms with Gasteiger partial charge in [-0.15, -0.1) is 0 Å². The van der Waals surface area contributed by atoms with Crippen molar-refractivity contribution in [3.63, 3.8) is 0 Å². The number of hydrogen-bond donors (Lipinski definition) is 1. The van der Waals surface area contributed by atoms with Crippen molar-refractivity contribution in [1.29, 1.82) is 5.26 Å². The first-order valence-electron chi connectivity index (χ1n) is 9.53. The molecule has 8 nitrogen and oxygen atoms in total. The summed E-state index contributed by atoms with van der Waals surface area (Å²) >= 11 is 0. The predicted octanol–water partition coefficient (Wildman–Crippen LogP) is 2.74. The summed E-state index contributed by atoms with van der Waals surface area (Å²) in [6.45, 7) is 4.04. The summed E-state index contributed by atoms with van der Waals surface area (Å²) in [5, 5.41) is 15.4. The van der Waals surface area contributed by atoms with Gasteiger partial charge in [-0.2, -0.15) is 5.26 Å². The molecule has 3 rings (SSSR count). The van der Waals surface area contributed by atoms with Crippen molar-refractivity contribution < 1.29 is 22.9 Å². The number of pyridine rings is 1. The summed E-state index contributed by atoms with van der Waals surface area (Å²) in [5.74, 6) is -3.78. The molecule has 0 radical (unpaired) electrons. The fraction of sp³-hybridized carbons (Fsp3) is 0.381. The van der Waals surface area contributed by atoms with Crippen LogP contribution in [0.5, 0.6) is 0 Å². The zero-order valence-corrected chi connectivity index (χ0v) is 17.3. The van der Waals surface area contributed by atoms with Crippen molar-refractivity contribution >= 4 is 23.5 Å². The monoisotopic (exact) mass is 429 g/mol. The Morgan fingerprint density at radius 1 is 1.42 bits per heavy atom. The molecule has 10 heteroatoms. The van der Waals surface area contributed by atoms with Gasteiger partial charge in [-0.3, -0.25) is 14.6 Å². The lowest BCUT2D eigenvalue weighted by atomic mass is 10.00. The maximum atomic E-state index is 13.6. The first-order chi connectivity index (χ1) is 14.6. The molecule has 1 fully saturated rings. The Balaban J connectivity index is 1.75. The molecule has 162 valence electrons. The number of nitrogens with one attached hydrogen (secondary N) is 1. The van der Waals surface area contributed by atoms with E-state index in [2.05, 4.69) is 15.5 Å². The highest BCUT2D eigenvalue weighted by Gasteiger charge is 2.47. The standard InChI is InChI=1S/C21H21F2N5O3/c1-12(6-17-13(2)27-31-14(17)3)18-9-25-5-4-16(18)20(30)26-10-19(29)28-11-21(22,23)7-15(28)8-24/h4-6,9,15H,7,10-11H2,1-3H3,(H,26,30)/b12-6+. The number of halogens is 2. The zero-order valence-electron chi connectivity index (χ0n) is 17.3. The van der Waals surface area contributed by atoms with Crippen LogP contribution in [0.4, 0.5) is 8.78 Å². The van der Waals surface area contributed by atoms with E-state index in [-0.39, 0.29) is 5.56 Å². The number of alkyl halides is 2. The molecular weight excluding hydrogens is 408 g/mol. The molecule has 0 aromatic carbocycles. The maximum absolute atomic E-state index is 13.6. The number of aryl methyl sites for hydroxylation is 2. The Morgan fingerprint density at radius 2 is 2.16 bits per heavy atom. The van der Waals surface area contributed by atoms with E-state index in [1.165, 1.54) is 18.5 Å². The molecule has 1 unspecified atom stereocenters. The highest BCUT2D eigenvalue weighted by molar-refractivity contribution is 6.01. The summed E-state index contributed by atoms with van der Waals surface area (Å²) < 4.78 is 32.3. The largest absolute Gasteiger partial charge is 0.361 e. The fourth-order valence-electron chi connectivity index (χ4n) is 3.44. The predicted molar refractivity (Wildman–Crippen MR) is 107 cm³/mol. The number of nitrogens with zero attached hydrogens (tertiary/aromatic N) is 4. The molecule has 0 saturated carbocycles. The van der Waals surface area contributed by atoms with Gasteiger partial charge in [0.1, 0.15) is 11.8 Å².